The van der Waals surface area contributed by atoms with Gasteiger partial charge < -0.3 is 5.32 Å². The van der Waals surface area contributed by atoms with Crippen LogP contribution in [0.15, 0.2) is 0 Å². The number of likely N-dealkylation sites (tertiary alicyclic amines) is 1. The van der Waals surface area contributed by atoms with Gasteiger partial charge in [0.25, 0.3) is 0 Å². The van der Waals surface area contributed by atoms with Gasteiger partial charge in [0.15, 0.2) is 0 Å². The van der Waals surface area contributed by atoms with Gasteiger partial charge in [0.1, 0.15) is 0 Å². The molecule has 2 saturated heterocycles. The quantitative estimate of drug-likeness (QED) is 0.735. The fraction of sp³-hybridized carbons (Fsp3) is 0.867. The Morgan fingerprint density at radius 3 is 2.63 bits per heavy atom. The van der Waals surface area contributed by atoms with E-state index in [0.29, 0.717) is 6.42 Å². The van der Waals surface area contributed by atoms with Crippen LogP contribution in [0.4, 0.5) is 0 Å². The first-order chi connectivity index (χ1) is 9.23. The molecule has 1 spiro atoms. The lowest BCUT2D eigenvalue weighted by Gasteiger charge is -2.32. The van der Waals surface area contributed by atoms with Crippen LogP contribution < -0.4 is 5.32 Å². The Kier molecular flexibility index (Phi) is 3.61. The minimum absolute atomic E-state index is 0.0839. The summed E-state index contributed by atoms with van der Waals surface area (Å²) in [7, 11) is 0. The third-order valence-corrected chi connectivity index (χ3v) is 5.13. The second kappa shape index (κ2) is 5.23. The average Bonchev–Trinajstić information content (AvgIpc) is 2.63. The highest BCUT2D eigenvalue weighted by Gasteiger charge is 2.53. The van der Waals surface area contributed by atoms with Crippen LogP contribution in [-0.2, 0) is 9.59 Å². The Labute approximate surface area is 114 Å². The van der Waals surface area contributed by atoms with Crippen LogP contribution in [0.25, 0.3) is 0 Å². The first-order valence-corrected chi connectivity index (χ1v) is 7.80. The Balaban J connectivity index is 1.78. The molecule has 19 heavy (non-hydrogen) atoms. The van der Waals surface area contributed by atoms with E-state index in [2.05, 4.69) is 5.32 Å². The van der Waals surface area contributed by atoms with Crippen molar-refractivity contribution in [2.45, 2.75) is 63.8 Å². The van der Waals surface area contributed by atoms with Gasteiger partial charge in [-0.1, -0.05) is 25.7 Å². The summed E-state index contributed by atoms with van der Waals surface area (Å²) in [6.45, 7) is 1.80. The van der Waals surface area contributed by atoms with Gasteiger partial charge in [0, 0.05) is 13.0 Å². The number of hydrogen-bond donors (Lipinski definition) is 1. The maximum absolute atomic E-state index is 12.8. The standard InChI is InChI=1S/C15H24N2O2/c18-13-10-15(7-3-1-4-8-15)14(19)17(13)12-6-2-5-9-16-11-12/h12,16H,1-11H2. The molecule has 1 unspecified atom stereocenters. The van der Waals surface area contributed by atoms with Crippen LogP contribution in [-0.4, -0.2) is 35.8 Å². The Morgan fingerprint density at radius 1 is 1.05 bits per heavy atom. The summed E-state index contributed by atoms with van der Waals surface area (Å²) >= 11 is 0. The molecule has 0 aromatic carbocycles. The zero-order chi connectivity index (χ0) is 13.3. The van der Waals surface area contributed by atoms with Gasteiger partial charge >= 0.3 is 0 Å². The fourth-order valence-electron chi connectivity index (χ4n) is 4.03. The fourth-order valence-corrected chi connectivity index (χ4v) is 4.03. The number of rotatable bonds is 1. The highest BCUT2D eigenvalue weighted by molar-refractivity contribution is 6.06. The summed E-state index contributed by atoms with van der Waals surface area (Å²) in [5.41, 5.74) is -0.318. The van der Waals surface area contributed by atoms with E-state index in [1.165, 1.54) is 6.42 Å². The van der Waals surface area contributed by atoms with Crippen LogP contribution in [0.2, 0.25) is 0 Å². The number of nitrogens with one attached hydrogen (secondary N) is 1. The molecular weight excluding hydrogens is 240 g/mol. The second-order valence-corrected chi connectivity index (χ2v) is 6.44. The molecule has 2 aliphatic heterocycles. The number of carbonyl (C=O) groups excluding carboxylic acids is 2. The van der Waals surface area contributed by atoms with E-state index in [0.717, 1.165) is 58.0 Å². The number of nitrogens with zero attached hydrogens (tertiary/aromatic N) is 1. The van der Waals surface area contributed by atoms with Crippen molar-refractivity contribution in [1.29, 1.82) is 0 Å². The highest BCUT2D eigenvalue weighted by Crippen LogP contribution is 2.46. The first-order valence-electron chi connectivity index (χ1n) is 7.80. The summed E-state index contributed by atoms with van der Waals surface area (Å²) in [6.07, 6.45) is 8.99. The lowest BCUT2D eigenvalue weighted by molar-refractivity contribution is -0.144. The monoisotopic (exact) mass is 264 g/mol. The van der Waals surface area contributed by atoms with Crippen molar-refractivity contribution < 1.29 is 9.59 Å². The number of hydrogen-bond acceptors (Lipinski definition) is 3. The van der Waals surface area contributed by atoms with Gasteiger partial charge in [-0.05, 0) is 32.2 Å². The maximum atomic E-state index is 12.8. The average molecular weight is 264 g/mol. The topological polar surface area (TPSA) is 49.4 Å². The molecular formula is C15H24N2O2. The Morgan fingerprint density at radius 2 is 1.84 bits per heavy atom. The summed E-state index contributed by atoms with van der Waals surface area (Å²) in [5, 5.41) is 3.36. The van der Waals surface area contributed by atoms with Crippen LogP contribution >= 0.6 is 0 Å². The molecule has 3 aliphatic rings. The van der Waals surface area contributed by atoms with Gasteiger partial charge in [-0.3, -0.25) is 14.5 Å². The van der Waals surface area contributed by atoms with Crippen LogP contribution in [0, 0.1) is 5.41 Å². The van der Waals surface area contributed by atoms with Crippen LogP contribution in [0.1, 0.15) is 57.8 Å². The molecule has 1 atom stereocenters. The second-order valence-electron chi connectivity index (χ2n) is 6.44. The third kappa shape index (κ3) is 2.31. The van der Waals surface area contributed by atoms with Gasteiger partial charge in [-0.2, -0.15) is 0 Å². The largest absolute Gasteiger partial charge is 0.315 e. The van der Waals surface area contributed by atoms with Crippen molar-refractivity contribution in [1.82, 2.24) is 10.2 Å². The minimum atomic E-state index is -0.318. The van der Waals surface area contributed by atoms with E-state index < -0.39 is 0 Å². The molecule has 1 saturated carbocycles. The molecule has 4 heteroatoms. The van der Waals surface area contributed by atoms with Gasteiger partial charge in [0.2, 0.25) is 11.8 Å². The molecule has 2 amide bonds. The van der Waals surface area contributed by atoms with Crippen LogP contribution in [0.3, 0.4) is 0 Å². The molecule has 106 valence electrons. The van der Waals surface area contributed by atoms with E-state index in [9.17, 15) is 9.59 Å². The van der Waals surface area contributed by atoms with Gasteiger partial charge in [-0.15, -0.1) is 0 Å². The third-order valence-electron chi connectivity index (χ3n) is 5.13. The molecule has 3 rings (SSSR count). The number of amides is 2. The number of imide groups is 1. The molecule has 2 heterocycles. The van der Waals surface area contributed by atoms with Gasteiger partial charge in [-0.25, -0.2) is 0 Å². The molecule has 3 fully saturated rings. The Bertz CT molecular complexity index is 366. The number of carbonyl (C=O) groups is 2. The van der Waals surface area contributed by atoms with Crippen LogP contribution in [0.5, 0.6) is 0 Å². The van der Waals surface area contributed by atoms with Crippen molar-refractivity contribution in [2.24, 2.45) is 5.41 Å². The highest BCUT2D eigenvalue weighted by atomic mass is 16.2. The van der Waals surface area contributed by atoms with Crippen molar-refractivity contribution in [3.8, 4) is 0 Å². The maximum Gasteiger partial charge on any atom is 0.236 e. The summed E-state index contributed by atoms with van der Waals surface area (Å²) in [4.78, 5) is 26.8. The predicted octanol–water partition coefficient (Wildman–Crippen LogP) is 1.84. The Hall–Kier alpha value is -0.900. The van der Waals surface area contributed by atoms with E-state index in [-0.39, 0.29) is 23.3 Å². The summed E-state index contributed by atoms with van der Waals surface area (Å²) < 4.78 is 0. The summed E-state index contributed by atoms with van der Waals surface area (Å²) in [6, 6.07) is 0.101. The lowest BCUT2D eigenvalue weighted by Crippen LogP contribution is -2.46. The zero-order valence-electron chi connectivity index (χ0n) is 11.6. The predicted molar refractivity (Wildman–Crippen MR) is 72.5 cm³/mol. The molecule has 1 N–H and O–H groups in total. The molecule has 0 aromatic rings. The van der Waals surface area contributed by atoms with Crippen molar-refractivity contribution >= 4 is 11.8 Å². The molecule has 0 aromatic heterocycles. The van der Waals surface area contributed by atoms with Gasteiger partial charge in [0.05, 0.1) is 11.5 Å². The van der Waals surface area contributed by atoms with Crippen molar-refractivity contribution in [2.75, 3.05) is 13.1 Å². The molecule has 4 nitrogen and oxygen atoms in total. The van der Waals surface area contributed by atoms with Crippen molar-refractivity contribution in [3.05, 3.63) is 0 Å². The van der Waals surface area contributed by atoms with E-state index in [1.54, 1.807) is 4.90 Å². The van der Waals surface area contributed by atoms with E-state index in [4.69, 9.17) is 0 Å². The van der Waals surface area contributed by atoms with E-state index in [1.807, 2.05) is 0 Å². The summed E-state index contributed by atoms with van der Waals surface area (Å²) in [5.74, 6) is 0.228. The zero-order valence-corrected chi connectivity index (χ0v) is 11.6. The molecule has 0 radical (unpaired) electrons. The smallest absolute Gasteiger partial charge is 0.236 e. The molecule has 1 aliphatic carbocycles. The first kappa shape index (κ1) is 13.1. The lowest BCUT2D eigenvalue weighted by atomic mass is 9.73. The van der Waals surface area contributed by atoms with E-state index >= 15 is 0 Å². The minimum Gasteiger partial charge on any atom is -0.315 e. The van der Waals surface area contributed by atoms with Crippen molar-refractivity contribution in [3.63, 3.8) is 0 Å². The normalized spacial score (nSPS) is 31.8. The molecule has 0 bridgehead atoms. The SMILES string of the molecule is O=C1CC2(CCCCC2)C(=O)N1C1CCCCNC1.